The average molecular weight is 400 g/mol. The van der Waals surface area contributed by atoms with E-state index < -0.39 is 0 Å². The van der Waals surface area contributed by atoms with E-state index >= 15 is 0 Å². The first-order valence-electron chi connectivity index (χ1n) is 8.59. The first-order chi connectivity index (χ1) is 12.8. The highest BCUT2D eigenvalue weighted by Crippen LogP contribution is 2.36. The number of fused-ring (bicyclic) bond motifs is 1. The molecule has 0 bridgehead atoms. The molecule has 0 saturated carbocycles. The molecule has 0 saturated heterocycles. The number of hydrogen-bond acceptors (Lipinski definition) is 6. The number of nitrogens with one attached hydrogen (secondary N) is 1. The number of rotatable bonds is 5. The maximum atomic E-state index is 12.6. The molecule has 1 aromatic carbocycles. The van der Waals surface area contributed by atoms with Gasteiger partial charge in [-0.25, -0.2) is 9.97 Å². The van der Waals surface area contributed by atoms with Crippen LogP contribution in [-0.2, 0) is 4.79 Å². The number of Topliss-reactive ketones (excluding diaryl/α,β-unsaturated/α-hetero) is 1. The van der Waals surface area contributed by atoms with Crippen molar-refractivity contribution in [2.24, 2.45) is 0 Å². The molecule has 5 nitrogen and oxygen atoms in total. The highest BCUT2D eigenvalue weighted by Gasteiger charge is 2.20. The number of benzene rings is 1. The van der Waals surface area contributed by atoms with Crippen LogP contribution in [0.3, 0.4) is 0 Å². The first kappa shape index (κ1) is 19.5. The summed E-state index contributed by atoms with van der Waals surface area (Å²) in [7, 11) is 0. The van der Waals surface area contributed by atoms with Crippen LogP contribution in [0, 0.1) is 20.8 Å². The van der Waals surface area contributed by atoms with Crippen LogP contribution in [0.4, 0.5) is 5.69 Å². The smallest absolute Gasteiger partial charge is 0.237 e. The van der Waals surface area contributed by atoms with Gasteiger partial charge in [-0.05, 0) is 64.4 Å². The molecule has 1 amide bonds. The van der Waals surface area contributed by atoms with Gasteiger partial charge in [-0.1, -0.05) is 11.8 Å². The Hall–Kier alpha value is -2.25. The van der Waals surface area contributed by atoms with Crippen LogP contribution in [0.2, 0.25) is 0 Å². The fourth-order valence-electron chi connectivity index (χ4n) is 2.65. The van der Waals surface area contributed by atoms with E-state index in [0.717, 1.165) is 15.2 Å². The van der Waals surface area contributed by atoms with E-state index in [9.17, 15) is 9.59 Å². The average Bonchev–Trinajstić information content (AvgIpc) is 2.89. The number of carbonyl (C=O) groups excluding carboxylic acids is 2. The Kier molecular flexibility index (Phi) is 5.62. The SMILES string of the molecule is CC(=O)c1ccc(NC(=O)C(C)Sc2nc(C)nc3sc(C)c(C)c23)cc1. The van der Waals surface area contributed by atoms with Gasteiger partial charge in [-0.3, -0.25) is 9.59 Å². The molecule has 1 N–H and O–H groups in total. The molecule has 0 aliphatic rings. The molecule has 7 heteroatoms. The minimum Gasteiger partial charge on any atom is -0.325 e. The molecule has 0 aliphatic carbocycles. The number of hydrogen-bond donors (Lipinski definition) is 1. The minimum absolute atomic E-state index is 0.00127. The number of thioether (sulfide) groups is 1. The van der Waals surface area contributed by atoms with Crippen LogP contribution in [0.1, 0.15) is 40.5 Å². The Morgan fingerprint density at radius 3 is 2.41 bits per heavy atom. The Morgan fingerprint density at radius 1 is 1.11 bits per heavy atom. The van der Waals surface area contributed by atoms with Gasteiger partial charge < -0.3 is 5.32 Å². The van der Waals surface area contributed by atoms with Crippen LogP contribution in [0.15, 0.2) is 29.3 Å². The summed E-state index contributed by atoms with van der Waals surface area (Å²) >= 11 is 3.10. The van der Waals surface area contributed by atoms with E-state index in [4.69, 9.17) is 0 Å². The van der Waals surface area contributed by atoms with E-state index in [-0.39, 0.29) is 16.9 Å². The van der Waals surface area contributed by atoms with Crippen LogP contribution in [-0.4, -0.2) is 26.9 Å². The zero-order valence-corrected chi connectivity index (χ0v) is 17.5. The highest BCUT2D eigenvalue weighted by molar-refractivity contribution is 8.00. The lowest BCUT2D eigenvalue weighted by Gasteiger charge is -2.13. The summed E-state index contributed by atoms with van der Waals surface area (Å²) in [5.41, 5.74) is 2.46. The Balaban J connectivity index is 1.78. The van der Waals surface area contributed by atoms with E-state index in [1.165, 1.54) is 29.1 Å². The largest absolute Gasteiger partial charge is 0.325 e. The number of aryl methyl sites for hydroxylation is 3. The van der Waals surface area contributed by atoms with Crippen molar-refractivity contribution in [2.75, 3.05) is 5.32 Å². The third-order valence-corrected chi connectivity index (χ3v) is 6.51. The van der Waals surface area contributed by atoms with Gasteiger partial charge in [0.1, 0.15) is 15.7 Å². The molecule has 1 unspecified atom stereocenters. The molecule has 3 aromatic rings. The monoisotopic (exact) mass is 399 g/mol. The van der Waals surface area contributed by atoms with Crippen molar-refractivity contribution in [1.82, 2.24) is 9.97 Å². The Bertz CT molecular complexity index is 1030. The molecule has 2 heterocycles. The summed E-state index contributed by atoms with van der Waals surface area (Å²) in [6, 6.07) is 6.91. The number of carbonyl (C=O) groups is 2. The van der Waals surface area contributed by atoms with Crippen LogP contribution < -0.4 is 5.32 Å². The van der Waals surface area contributed by atoms with Gasteiger partial charge in [-0.2, -0.15) is 0 Å². The number of amides is 1. The van der Waals surface area contributed by atoms with Crippen molar-refractivity contribution >= 4 is 50.7 Å². The molecule has 1 atom stereocenters. The second kappa shape index (κ2) is 7.78. The van der Waals surface area contributed by atoms with E-state index in [0.29, 0.717) is 17.1 Å². The molecule has 2 aromatic heterocycles. The van der Waals surface area contributed by atoms with Gasteiger partial charge in [0.25, 0.3) is 0 Å². The molecule has 140 valence electrons. The van der Waals surface area contributed by atoms with Crippen LogP contribution >= 0.6 is 23.1 Å². The van der Waals surface area contributed by atoms with Crippen LogP contribution in [0.25, 0.3) is 10.2 Å². The fraction of sp³-hybridized carbons (Fsp3) is 0.300. The summed E-state index contributed by atoms with van der Waals surface area (Å²) in [5, 5.41) is 4.46. The van der Waals surface area contributed by atoms with Crippen LogP contribution in [0.5, 0.6) is 0 Å². The van der Waals surface area contributed by atoms with Gasteiger partial charge in [0.05, 0.1) is 5.25 Å². The van der Waals surface area contributed by atoms with Crippen molar-refractivity contribution in [3.05, 3.63) is 46.1 Å². The van der Waals surface area contributed by atoms with E-state index in [1.54, 1.807) is 35.6 Å². The Morgan fingerprint density at radius 2 is 1.78 bits per heavy atom. The maximum Gasteiger partial charge on any atom is 0.237 e. The number of anilines is 1. The van der Waals surface area contributed by atoms with Crippen molar-refractivity contribution in [2.45, 2.75) is 44.9 Å². The second-order valence-electron chi connectivity index (χ2n) is 6.42. The van der Waals surface area contributed by atoms with Gasteiger partial charge in [0.15, 0.2) is 5.78 Å². The maximum absolute atomic E-state index is 12.6. The summed E-state index contributed by atoms with van der Waals surface area (Å²) in [5.74, 6) is 0.602. The van der Waals surface area contributed by atoms with Crippen molar-refractivity contribution < 1.29 is 9.59 Å². The normalized spacial score (nSPS) is 12.2. The van der Waals surface area contributed by atoms with Gasteiger partial charge in [0.2, 0.25) is 5.91 Å². The highest BCUT2D eigenvalue weighted by atomic mass is 32.2. The van der Waals surface area contributed by atoms with Gasteiger partial charge in [-0.15, -0.1) is 11.3 Å². The minimum atomic E-state index is -0.324. The molecular weight excluding hydrogens is 378 g/mol. The number of nitrogens with zero attached hydrogens (tertiary/aromatic N) is 2. The topological polar surface area (TPSA) is 72.0 Å². The summed E-state index contributed by atoms with van der Waals surface area (Å²) < 4.78 is 0. The quantitative estimate of drug-likeness (QED) is 0.374. The summed E-state index contributed by atoms with van der Waals surface area (Å²) in [6.07, 6.45) is 0. The zero-order valence-electron chi connectivity index (χ0n) is 15.9. The summed E-state index contributed by atoms with van der Waals surface area (Å²) in [6.45, 7) is 9.40. The van der Waals surface area contributed by atoms with E-state index in [1.807, 2.05) is 13.8 Å². The predicted octanol–water partition coefficient (Wildman–Crippen LogP) is 4.94. The molecule has 0 aliphatic heterocycles. The van der Waals surface area contributed by atoms with Crippen molar-refractivity contribution in [3.63, 3.8) is 0 Å². The van der Waals surface area contributed by atoms with Crippen molar-refractivity contribution in [1.29, 1.82) is 0 Å². The molecule has 0 radical (unpaired) electrons. The first-order valence-corrected chi connectivity index (χ1v) is 10.3. The van der Waals surface area contributed by atoms with Gasteiger partial charge >= 0.3 is 0 Å². The predicted molar refractivity (Wildman–Crippen MR) is 112 cm³/mol. The number of aromatic nitrogens is 2. The zero-order chi connectivity index (χ0) is 19.7. The molecule has 27 heavy (non-hydrogen) atoms. The van der Waals surface area contributed by atoms with E-state index in [2.05, 4.69) is 29.1 Å². The molecule has 0 fully saturated rings. The summed E-state index contributed by atoms with van der Waals surface area (Å²) in [4.78, 5) is 35.2. The lowest BCUT2D eigenvalue weighted by atomic mass is 10.1. The third-order valence-electron chi connectivity index (χ3n) is 4.32. The lowest BCUT2D eigenvalue weighted by molar-refractivity contribution is -0.115. The number of thiophene rings is 1. The van der Waals surface area contributed by atoms with Gasteiger partial charge in [0, 0.05) is 21.5 Å². The molecular formula is C20H21N3O2S2. The third kappa shape index (κ3) is 4.20. The Labute approximate surface area is 166 Å². The molecule has 0 spiro atoms. The lowest BCUT2D eigenvalue weighted by Crippen LogP contribution is -2.22. The second-order valence-corrected chi connectivity index (χ2v) is 8.95. The standard InChI is InChI=1S/C20H21N3O2S2/c1-10-12(3)26-19-17(10)20(22-14(5)21-19)27-13(4)18(25)23-16-8-6-15(7-9-16)11(2)24/h6-9,13H,1-5H3,(H,23,25). The number of ketones is 1. The van der Waals surface area contributed by atoms with Crippen molar-refractivity contribution in [3.8, 4) is 0 Å². The fourth-order valence-corrected chi connectivity index (χ4v) is 4.85. The molecule has 3 rings (SSSR count).